The SMILES string of the molecule is O=c1[nH]nc(-c2ccc(CN3CCC[C@@H]3c3ccc4c(c3)OCO4)cc2)o1. The number of nitrogens with zero attached hydrogens (tertiary/aromatic N) is 2. The number of nitrogens with one attached hydrogen (secondary N) is 1. The minimum Gasteiger partial charge on any atom is -0.454 e. The van der Waals surface area contributed by atoms with Crippen LogP contribution in [-0.2, 0) is 6.54 Å². The van der Waals surface area contributed by atoms with Crippen LogP contribution in [0.15, 0.2) is 51.7 Å². The Morgan fingerprint density at radius 1 is 1.11 bits per heavy atom. The van der Waals surface area contributed by atoms with E-state index in [1.54, 1.807) is 0 Å². The van der Waals surface area contributed by atoms with Crippen molar-refractivity contribution in [2.24, 2.45) is 0 Å². The van der Waals surface area contributed by atoms with Crippen LogP contribution >= 0.6 is 0 Å². The molecule has 1 fully saturated rings. The number of ether oxygens (including phenoxy) is 2. The molecular formula is C20H19N3O4. The zero-order valence-electron chi connectivity index (χ0n) is 14.7. The smallest absolute Gasteiger partial charge is 0.434 e. The van der Waals surface area contributed by atoms with Gasteiger partial charge in [0.05, 0.1) is 0 Å². The Hall–Kier alpha value is -3.06. The first-order chi connectivity index (χ1) is 13.3. The van der Waals surface area contributed by atoms with Crippen molar-refractivity contribution in [2.45, 2.75) is 25.4 Å². The number of aromatic amines is 1. The molecular weight excluding hydrogens is 346 g/mol. The molecule has 7 nitrogen and oxygen atoms in total. The standard InChI is InChI=1S/C20H19N3O4/c24-20-22-21-19(27-20)14-5-3-13(4-6-14)11-23-9-1-2-16(23)15-7-8-17-18(10-15)26-12-25-17/h3-8,10,16H,1-2,9,11-12H2,(H,22,24)/t16-/m1/s1. The summed E-state index contributed by atoms with van der Waals surface area (Å²) in [5.41, 5.74) is 3.27. The first-order valence-corrected chi connectivity index (χ1v) is 9.05. The summed E-state index contributed by atoms with van der Waals surface area (Å²) in [4.78, 5) is 13.6. The fourth-order valence-corrected chi connectivity index (χ4v) is 3.85. The molecule has 5 rings (SSSR count). The van der Waals surface area contributed by atoms with Gasteiger partial charge in [0, 0.05) is 18.2 Å². The fraction of sp³-hybridized carbons (Fsp3) is 0.300. The molecule has 0 amide bonds. The largest absolute Gasteiger partial charge is 0.454 e. The van der Waals surface area contributed by atoms with E-state index in [1.807, 2.05) is 18.2 Å². The number of benzene rings is 2. The Morgan fingerprint density at radius 3 is 2.78 bits per heavy atom. The maximum atomic E-state index is 11.1. The second-order valence-electron chi connectivity index (χ2n) is 6.86. The van der Waals surface area contributed by atoms with Gasteiger partial charge in [-0.25, -0.2) is 9.89 Å². The predicted molar refractivity (Wildman–Crippen MR) is 97.5 cm³/mol. The van der Waals surface area contributed by atoms with E-state index in [0.29, 0.717) is 18.7 Å². The quantitative estimate of drug-likeness (QED) is 0.765. The van der Waals surface area contributed by atoms with E-state index in [2.05, 4.69) is 39.4 Å². The van der Waals surface area contributed by atoms with Crippen LogP contribution in [0, 0.1) is 0 Å². The van der Waals surface area contributed by atoms with Crippen LogP contribution in [0.5, 0.6) is 11.5 Å². The van der Waals surface area contributed by atoms with E-state index in [9.17, 15) is 4.79 Å². The Labute approximate surface area is 155 Å². The van der Waals surface area contributed by atoms with Crippen molar-refractivity contribution in [3.8, 4) is 23.0 Å². The van der Waals surface area contributed by atoms with Gasteiger partial charge in [-0.3, -0.25) is 4.90 Å². The predicted octanol–water partition coefficient (Wildman–Crippen LogP) is 3.10. The van der Waals surface area contributed by atoms with Gasteiger partial charge >= 0.3 is 5.76 Å². The van der Waals surface area contributed by atoms with Gasteiger partial charge in [0.2, 0.25) is 12.7 Å². The molecule has 3 aromatic rings. The molecule has 1 N–H and O–H groups in total. The molecule has 1 saturated heterocycles. The molecule has 1 atom stereocenters. The van der Waals surface area contributed by atoms with Crippen molar-refractivity contribution >= 4 is 0 Å². The second-order valence-corrected chi connectivity index (χ2v) is 6.86. The van der Waals surface area contributed by atoms with Crippen molar-refractivity contribution in [2.75, 3.05) is 13.3 Å². The van der Waals surface area contributed by atoms with Crippen LogP contribution in [0.4, 0.5) is 0 Å². The first kappa shape index (κ1) is 16.1. The highest BCUT2D eigenvalue weighted by atomic mass is 16.7. The number of hydrogen-bond donors (Lipinski definition) is 1. The monoisotopic (exact) mass is 365 g/mol. The summed E-state index contributed by atoms with van der Waals surface area (Å²) in [5, 5.41) is 6.15. The zero-order valence-corrected chi connectivity index (χ0v) is 14.7. The molecule has 3 heterocycles. The molecule has 2 aliphatic heterocycles. The highest BCUT2D eigenvalue weighted by molar-refractivity contribution is 5.52. The molecule has 0 bridgehead atoms. The van der Waals surface area contributed by atoms with Gasteiger partial charge in [-0.05, 0) is 54.8 Å². The number of hydrogen-bond acceptors (Lipinski definition) is 6. The summed E-state index contributed by atoms with van der Waals surface area (Å²) in [6.07, 6.45) is 2.31. The van der Waals surface area contributed by atoms with Gasteiger partial charge in [0.25, 0.3) is 0 Å². The third-order valence-corrected chi connectivity index (χ3v) is 5.17. The van der Waals surface area contributed by atoms with Gasteiger partial charge in [-0.1, -0.05) is 18.2 Å². The lowest BCUT2D eigenvalue weighted by Gasteiger charge is -2.25. The average molecular weight is 365 g/mol. The maximum Gasteiger partial charge on any atom is 0.434 e. The topological polar surface area (TPSA) is 80.6 Å². The Bertz CT molecular complexity index is 1010. The van der Waals surface area contributed by atoms with Crippen LogP contribution in [0.2, 0.25) is 0 Å². The van der Waals surface area contributed by atoms with E-state index in [4.69, 9.17) is 13.9 Å². The number of fused-ring (bicyclic) bond motifs is 1. The Balaban J connectivity index is 1.33. The molecule has 27 heavy (non-hydrogen) atoms. The van der Waals surface area contributed by atoms with Crippen LogP contribution in [-0.4, -0.2) is 28.4 Å². The summed E-state index contributed by atoms with van der Waals surface area (Å²) in [7, 11) is 0. The van der Waals surface area contributed by atoms with Crippen molar-refractivity contribution in [1.82, 2.24) is 15.1 Å². The average Bonchev–Trinajstić information content (AvgIpc) is 3.42. The van der Waals surface area contributed by atoms with Crippen LogP contribution < -0.4 is 15.2 Å². The number of likely N-dealkylation sites (tertiary alicyclic amines) is 1. The Kier molecular flexibility index (Phi) is 3.94. The lowest BCUT2D eigenvalue weighted by Crippen LogP contribution is -2.22. The molecule has 7 heteroatoms. The maximum absolute atomic E-state index is 11.1. The van der Waals surface area contributed by atoms with Crippen molar-refractivity contribution in [3.05, 3.63) is 64.1 Å². The minimum atomic E-state index is -0.544. The highest BCUT2D eigenvalue weighted by Crippen LogP contribution is 2.39. The Morgan fingerprint density at radius 2 is 1.96 bits per heavy atom. The molecule has 0 spiro atoms. The summed E-state index contributed by atoms with van der Waals surface area (Å²) in [6.45, 7) is 2.23. The molecule has 0 radical (unpaired) electrons. The van der Waals surface area contributed by atoms with Crippen LogP contribution in [0.25, 0.3) is 11.5 Å². The normalized spacial score (nSPS) is 18.9. The summed E-state index contributed by atoms with van der Waals surface area (Å²) in [6, 6.07) is 14.6. The molecule has 138 valence electrons. The minimum absolute atomic E-state index is 0.301. The third kappa shape index (κ3) is 3.10. The van der Waals surface area contributed by atoms with E-state index in [0.717, 1.165) is 36.6 Å². The fourth-order valence-electron chi connectivity index (χ4n) is 3.85. The van der Waals surface area contributed by atoms with Crippen molar-refractivity contribution in [1.29, 1.82) is 0 Å². The van der Waals surface area contributed by atoms with Crippen molar-refractivity contribution in [3.63, 3.8) is 0 Å². The van der Waals surface area contributed by atoms with Gasteiger partial charge in [0.15, 0.2) is 11.5 Å². The first-order valence-electron chi connectivity index (χ1n) is 9.05. The number of H-pyrrole nitrogens is 1. The van der Waals surface area contributed by atoms with Gasteiger partial charge < -0.3 is 13.9 Å². The van der Waals surface area contributed by atoms with E-state index < -0.39 is 5.76 Å². The zero-order chi connectivity index (χ0) is 18.2. The van der Waals surface area contributed by atoms with E-state index in [1.165, 1.54) is 17.5 Å². The molecule has 0 aliphatic carbocycles. The molecule has 0 unspecified atom stereocenters. The van der Waals surface area contributed by atoms with Crippen molar-refractivity contribution < 1.29 is 13.9 Å². The molecule has 0 saturated carbocycles. The van der Waals surface area contributed by atoms with Gasteiger partial charge in [-0.15, -0.1) is 5.10 Å². The third-order valence-electron chi connectivity index (χ3n) is 5.17. The second kappa shape index (κ2) is 6.59. The van der Waals surface area contributed by atoms with E-state index in [-0.39, 0.29) is 0 Å². The van der Waals surface area contributed by atoms with Gasteiger partial charge in [0.1, 0.15) is 0 Å². The number of aromatic nitrogens is 2. The molecule has 2 aromatic carbocycles. The summed E-state index contributed by atoms with van der Waals surface area (Å²) >= 11 is 0. The highest BCUT2D eigenvalue weighted by Gasteiger charge is 2.27. The summed E-state index contributed by atoms with van der Waals surface area (Å²) in [5.74, 6) is 1.43. The molecule has 2 aliphatic rings. The number of rotatable bonds is 4. The van der Waals surface area contributed by atoms with Gasteiger partial charge in [-0.2, -0.15) is 0 Å². The lowest BCUT2D eigenvalue weighted by molar-refractivity contribution is 0.174. The lowest BCUT2D eigenvalue weighted by atomic mass is 10.0. The van der Waals surface area contributed by atoms with E-state index >= 15 is 0 Å². The van der Waals surface area contributed by atoms with Crippen LogP contribution in [0.3, 0.4) is 0 Å². The summed E-state index contributed by atoms with van der Waals surface area (Å²) < 4.78 is 15.9. The molecule has 1 aromatic heterocycles. The van der Waals surface area contributed by atoms with Crippen LogP contribution in [0.1, 0.15) is 30.0 Å².